The lowest BCUT2D eigenvalue weighted by Crippen LogP contribution is -1.79. The Morgan fingerprint density at radius 1 is 1.44 bits per heavy atom. The standard InChI is InChI=1S/C6H6FN.N/c1-5-2-3-6(7)4-8-5;/h2-4H,1H3;. The van der Waals surface area contributed by atoms with E-state index in [1.54, 1.807) is 6.07 Å². The van der Waals surface area contributed by atoms with E-state index in [1.165, 1.54) is 12.3 Å². The second-order valence-electron chi connectivity index (χ2n) is 1.62. The Balaban J connectivity index is 0.000000640. The summed E-state index contributed by atoms with van der Waals surface area (Å²) in [4.78, 5) is 3.70. The number of halogens is 1. The summed E-state index contributed by atoms with van der Waals surface area (Å²) in [6, 6.07) is 3.03. The van der Waals surface area contributed by atoms with Gasteiger partial charge in [-0.15, -0.1) is 0 Å². The Morgan fingerprint density at radius 2 is 2.11 bits per heavy atom. The molecule has 0 fully saturated rings. The predicted octanol–water partition coefficient (Wildman–Crippen LogP) is 1.05. The van der Waals surface area contributed by atoms with Crippen molar-refractivity contribution in [2.75, 3.05) is 0 Å². The maximum Gasteiger partial charge on any atom is 0.141 e. The molecule has 9 heavy (non-hydrogen) atoms. The Kier molecular flexibility index (Phi) is 2.81. The van der Waals surface area contributed by atoms with E-state index in [0.29, 0.717) is 0 Å². The van der Waals surface area contributed by atoms with Gasteiger partial charge in [-0.05, 0) is 19.1 Å². The van der Waals surface area contributed by atoms with Crippen LogP contribution in [0.2, 0.25) is 0 Å². The summed E-state index contributed by atoms with van der Waals surface area (Å²) < 4.78 is 12.0. The van der Waals surface area contributed by atoms with Gasteiger partial charge in [0.2, 0.25) is 0 Å². The minimum atomic E-state index is -0.282. The highest BCUT2D eigenvalue weighted by atomic mass is 19.1. The topological polar surface area (TPSA) is 43.4 Å². The number of aryl methyl sites for hydroxylation is 1. The highest BCUT2D eigenvalue weighted by molar-refractivity contribution is 5.02. The molecule has 0 unspecified atom stereocenters. The van der Waals surface area contributed by atoms with E-state index in [0.717, 1.165) is 5.69 Å². The zero-order valence-electron chi connectivity index (χ0n) is 5.00. The summed E-state index contributed by atoms with van der Waals surface area (Å²) >= 11 is 0. The van der Waals surface area contributed by atoms with Gasteiger partial charge in [0.25, 0.3) is 0 Å². The summed E-state index contributed by atoms with van der Waals surface area (Å²) in [5, 5.41) is 0. The lowest BCUT2D eigenvalue weighted by molar-refractivity contribution is 0.620. The molecule has 1 heterocycles. The molecule has 0 spiro atoms. The average Bonchev–Trinajstić information content (AvgIpc) is 1.77. The maximum absolute atomic E-state index is 12.0. The fraction of sp³-hybridized carbons (Fsp3) is 0.167. The number of aromatic nitrogens is 1. The lowest BCUT2D eigenvalue weighted by Gasteiger charge is -1.86. The smallest absolute Gasteiger partial charge is 0.141 e. The average molecular weight is 125 g/mol. The molecule has 0 aromatic carbocycles. The molecule has 3 heteroatoms. The van der Waals surface area contributed by atoms with Crippen LogP contribution in [0.15, 0.2) is 18.3 Å². The highest BCUT2D eigenvalue weighted by Gasteiger charge is 1.84. The zero-order valence-corrected chi connectivity index (χ0v) is 5.00. The molecule has 47 valence electrons. The molecule has 2 nitrogen and oxygen atoms in total. The van der Waals surface area contributed by atoms with Crippen LogP contribution in [0.5, 0.6) is 0 Å². The quantitative estimate of drug-likeness (QED) is 0.511. The van der Waals surface area contributed by atoms with E-state index >= 15 is 0 Å². The molecule has 1 aromatic rings. The molecule has 0 aliphatic heterocycles. The van der Waals surface area contributed by atoms with E-state index < -0.39 is 0 Å². The highest BCUT2D eigenvalue weighted by Crippen LogP contribution is 1.94. The first kappa shape index (κ1) is 8.04. The summed E-state index contributed by atoms with van der Waals surface area (Å²) in [5.41, 5.74) is 0.839. The molecule has 0 saturated heterocycles. The van der Waals surface area contributed by atoms with Crippen molar-refractivity contribution >= 4 is 0 Å². The summed E-state index contributed by atoms with van der Waals surface area (Å²) in [6.07, 6.45) is 1.20. The first-order chi connectivity index (χ1) is 3.79. The van der Waals surface area contributed by atoms with Gasteiger partial charge in [-0.25, -0.2) is 4.39 Å². The number of hydrogen-bond acceptors (Lipinski definition) is 1. The minimum Gasteiger partial charge on any atom is -0.259 e. The van der Waals surface area contributed by atoms with Gasteiger partial charge in [-0.3, -0.25) is 4.98 Å². The number of pyridine rings is 1. The normalized spacial score (nSPS) is 8.22. The molecule has 0 bridgehead atoms. The molecule has 0 aliphatic rings. The molecule has 3 radical (unpaired) electrons. The zero-order chi connectivity index (χ0) is 5.98. The van der Waals surface area contributed by atoms with E-state index in [9.17, 15) is 4.39 Å². The van der Waals surface area contributed by atoms with Crippen molar-refractivity contribution in [3.8, 4) is 0 Å². The van der Waals surface area contributed by atoms with Crippen LogP contribution in [0.3, 0.4) is 0 Å². The van der Waals surface area contributed by atoms with Crippen molar-refractivity contribution in [3.05, 3.63) is 29.8 Å². The van der Waals surface area contributed by atoms with Crippen molar-refractivity contribution in [1.82, 2.24) is 11.1 Å². The summed E-state index contributed by atoms with van der Waals surface area (Å²) in [5.74, 6) is -0.282. The fourth-order valence-electron chi connectivity index (χ4n) is 0.450. The SMILES string of the molecule is Cc1ccc(F)cn1.[N]. The van der Waals surface area contributed by atoms with Crippen LogP contribution in [0.4, 0.5) is 4.39 Å². The second-order valence-corrected chi connectivity index (χ2v) is 1.62. The Labute approximate surface area is 53.3 Å². The van der Waals surface area contributed by atoms with Gasteiger partial charge in [0.1, 0.15) is 5.82 Å². The summed E-state index contributed by atoms with van der Waals surface area (Å²) in [7, 11) is 0. The van der Waals surface area contributed by atoms with E-state index in [1.807, 2.05) is 6.92 Å². The van der Waals surface area contributed by atoms with Gasteiger partial charge in [-0.2, -0.15) is 0 Å². The van der Waals surface area contributed by atoms with Crippen molar-refractivity contribution in [2.45, 2.75) is 6.92 Å². The largest absolute Gasteiger partial charge is 0.259 e. The third kappa shape index (κ3) is 2.19. The fourth-order valence-corrected chi connectivity index (χ4v) is 0.450. The van der Waals surface area contributed by atoms with Gasteiger partial charge >= 0.3 is 0 Å². The first-order valence-corrected chi connectivity index (χ1v) is 2.37. The molecule has 0 aliphatic carbocycles. The van der Waals surface area contributed by atoms with E-state index in [-0.39, 0.29) is 12.0 Å². The molecular weight excluding hydrogens is 119 g/mol. The van der Waals surface area contributed by atoms with Crippen molar-refractivity contribution in [1.29, 1.82) is 0 Å². The van der Waals surface area contributed by atoms with E-state index in [2.05, 4.69) is 4.98 Å². The maximum atomic E-state index is 12.0. The van der Waals surface area contributed by atoms with Crippen molar-refractivity contribution in [2.24, 2.45) is 0 Å². The minimum absolute atomic E-state index is 0. The molecule has 0 N–H and O–H groups in total. The monoisotopic (exact) mass is 125 g/mol. The van der Waals surface area contributed by atoms with Crippen LogP contribution in [0, 0.1) is 12.7 Å². The number of rotatable bonds is 0. The van der Waals surface area contributed by atoms with Gasteiger partial charge in [0.05, 0.1) is 6.20 Å². The van der Waals surface area contributed by atoms with Crippen LogP contribution < -0.4 is 6.15 Å². The van der Waals surface area contributed by atoms with Gasteiger partial charge in [0.15, 0.2) is 0 Å². The molecule has 0 atom stereocenters. The van der Waals surface area contributed by atoms with Crippen molar-refractivity contribution in [3.63, 3.8) is 0 Å². The third-order valence-electron chi connectivity index (χ3n) is 0.875. The molecule has 1 aromatic heterocycles. The molecule has 1 rings (SSSR count). The molecule has 0 amide bonds. The number of hydrogen-bond donors (Lipinski definition) is 0. The van der Waals surface area contributed by atoms with E-state index in [4.69, 9.17) is 0 Å². The second kappa shape index (κ2) is 3.14. The first-order valence-electron chi connectivity index (χ1n) is 2.37. The predicted molar refractivity (Wildman–Crippen MR) is 31.1 cm³/mol. The van der Waals surface area contributed by atoms with Crippen LogP contribution in [0.1, 0.15) is 5.69 Å². The van der Waals surface area contributed by atoms with Crippen LogP contribution in [0.25, 0.3) is 0 Å². The third-order valence-corrected chi connectivity index (χ3v) is 0.875. The van der Waals surface area contributed by atoms with Gasteiger partial charge in [-0.1, -0.05) is 0 Å². The van der Waals surface area contributed by atoms with Crippen LogP contribution in [-0.4, -0.2) is 4.98 Å². The Bertz CT molecular complexity index is 150. The lowest BCUT2D eigenvalue weighted by atomic mass is 10.4. The van der Waals surface area contributed by atoms with Crippen molar-refractivity contribution < 1.29 is 4.39 Å². The number of nitrogens with zero attached hydrogens (tertiary/aromatic N) is 2. The molecule has 0 saturated carbocycles. The van der Waals surface area contributed by atoms with Gasteiger partial charge in [0, 0.05) is 11.8 Å². The van der Waals surface area contributed by atoms with Gasteiger partial charge < -0.3 is 0 Å². The van der Waals surface area contributed by atoms with Crippen LogP contribution in [-0.2, 0) is 0 Å². The Morgan fingerprint density at radius 3 is 2.44 bits per heavy atom. The molecular formula is C6H6FN2. The summed E-state index contributed by atoms with van der Waals surface area (Å²) in [6.45, 7) is 1.82. The van der Waals surface area contributed by atoms with Crippen LogP contribution >= 0.6 is 0 Å². The Hall–Kier alpha value is -0.960.